The van der Waals surface area contributed by atoms with Crippen LogP contribution in [0.25, 0.3) is 0 Å². The van der Waals surface area contributed by atoms with E-state index >= 15 is 0 Å². The van der Waals surface area contributed by atoms with E-state index in [0.29, 0.717) is 17.0 Å². The van der Waals surface area contributed by atoms with E-state index in [4.69, 9.17) is 11.5 Å². The average molecular weight is 286 g/mol. The van der Waals surface area contributed by atoms with Crippen LogP contribution in [-0.4, -0.2) is 31.1 Å². The zero-order valence-corrected chi connectivity index (χ0v) is 12.5. The van der Waals surface area contributed by atoms with Crippen molar-refractivity contribution in [2.24, 2.45) is 15.7 Å². The minimum Gasteiger partial charge on any atom is -0.506 e. The Bertz CT molecular complexity index is 600. The summed E-state index contributed by atoms with van der Waals surface area (Å²) < 4.78 is 0. The first-order valence-electron chi connectivity index (χ1n) is 6.60. The zero-order chi connectivity index (χ0) is 15.8. The molecule has 0 amide bonds. The highest BCUT2D eigenvalue weighted by atomic mass is 16.3. The third kappa shape index (κ3) is 4.49. The third-order valence-electron chi connectivity index (χ3n) is 3.08. The molecule has 21 heavy (non-hydrogen) atoms. The van der Waals surface area contributed by atoms with Crippen LogP contribution in [0.3, 0.4) is 0 Å². The summed E-state index contributed by atoms with van der Waals surface area (Å²) in [7, 11) is 3.30. The fraction of sp³-hybridized carbons (Fsp3) is 0.250. The van der Waals surface area contributed by atoms with Gasteiger partial charge in [0.1, 0.15) is 11.5 Å². The van der Waals surface area contributed by atoms with Crippen LogP contribution in [0.2, 0.25) is 0 Å². The molecule has 0 aromatic heterocycles. The predicted octanol–water partition coefficient (Wildman–Crippen LogP) is 2.24. The Labute approximate surface area is 125 Å². The summed E-state index contributed by atoms with van der Waals surface area (Å²) in [4.78, 5) is 7.99. The van der Waals surface area contributed by atoms with Gasteiger partial charge in [-0.05, 0) is 42.3 Å². The van der Waals surface area contributed by atoms with Gasteiger partial charge in [0.05, 0.1) is 0 Å². The molecule has 5 heteroatoms. The Hall–Kier alpha value is -2.56. The van der Waals surface area contributed by atoms with E-state index in [1.54, 1.807) is 32.6 Å². The monoisotopic (exact) mass is 286 g/mol. The number of nitrogen functional groups attached to an aromatic ring is 1. The fourth-order valence-corrected chi connectivity index (χ4v) is 2.01. The molecule has 0 bridgehead atoms. The molecule has 1 aromatic rings. The molecule has 0 aliphatic heterocycles. The minimum absolute atomic E-state index is 0.0954. The lowest BCUT2D eigenvalue weighted by molar-refractivity contribution is 0.446. The van der Waals surface area contributed by atoms with Gasteiger partial charge in [-0.25, -0.2) is 0 Å². The van der Waals surface area contributed by atoms with Crippen molar-refractivity contribution in [3.8, 4) is 0 Å². The number of aliphatic hydroxyl groups is 1. The molecule has 0 fully saturated rings. The topological polar surface area (TPSA) is 97.0 Å². The van der Waals surface area contributed by atoms with Crippen LogP contribution in [0.5, 0.6) is 0 Å². The molecule has 0 saturated carbocycles. The summed E-state index contributed by atoms with van der Waals surface area (Å²) in [6.45, 7) is 3.51. The van der Waals surface area contributed by atoms with Crippen molar-refractivity contribution in [3.05, 3.63) is 53.4 Å². The summed E-state index contributed by atoms with van der Waals surface area (Å²) in [5.74, 6) is -0.0954. The average Bonchev–Trinajstić information content (AvgIpc) is 2.46. The number of anilines is 1. The molecular weight excluding hydrogens is 264 g/mol. The largest absolute Gasteiger partial charge is 0.506 e. The third-order valence-corrected chi connectivity index (χ3v) is 3.08. The van der Waals surface area contributed by atoms with Crippen LogP contribution < -0.4 is 11.5 Å². The maximum atomic E-state index is 9.58. The number of aliphatic hydroxyl groups excluding tert-OH is 1. The molecule has 112 valence electrons. The Morgan fingerprint density at radius 2 is 2.10 bits per heavy atom. The zero-order valence-electron chi connectivity index (χ0n) is 12.5. The van der Waals surface area contributed by atoms with Gasteiger partial charge in [0, 0.05) is 31.6 Å². The van der Waals surface area contributed by atoms with Crippen molar-refractivity contribution < 1.29 is 5.11 Å². The van der Waals surface area contributed by atoms with Crippen molar-refractivity contribution in [3.63, 3.8) is 0 Å². The van der Waals surface area contributed by atoms with Crippen molar-refractivity contribution in [1.29, 1.82) is 0 Å². The van der Waals surface area contributed by atoms with Crippen LogP contribution in [0.15, 0.2) is 52.3 Å². The number of nitrogens with two attached hydrogens (primary N) is 2. The van der Waals surface area contributed by atoms with E-state index in [-0.39, 0.29) is 5.76 Å². The number of aryl methyl sites for hydroxylation is 1. The number of allylic oxidation sites excluding steroid dienone is 2. The van der Waals surface area contributed by atoms with Gasteiger partial charge >= 0.3 is 0 Å². The molecular formula is C16H22N4O. The molecule has 0 heterocycles. The van der Waals surface area contributed by atoms with Crippen molar-refractivity contribution >= 4 is 17.6 Å². The maximum absolute atomic E-state index is 9.58. The molecule has 0 aliphatic carbocycles. The van der Waals surface area contributed by atoms with Crippen molar-refractivity contribution in [2.45, 2.75) is 12.8 Å². The summed E-state index contributed by atoms with van der Waals surface area (Å²) in [6, 6.07) is 5.66. The lowest BCUT2D eigenvalue weighted by Crippen LogP contribution is -2.08. The molecule has 0 spiro atoms. The Kier molecular flexibility index (Phi) is 6.20. The van der Waals surface area contributed by atoms with E-state index in [1.165, 1.54) is 0 Å². The van der Waals surface area contributed by atoms with Gasteiger partial charge < -0.3 is 16.6 Å². The number of hydrogen-bond donors (Lipinski definition) is 3. The Morgan fingerprint density at radius 3 is 2.62 bits per heavy atom. The van der Waals surface area contributed by atoms with Crippen LogP contribution in [0.4, 0.5) is 5.69 Å². The summed E-state index contributed by atoms with van der Waals surface area (Å²) in [5.41, 5.74) is 15.2. The Balaban J connectivity index is 3.00. The first-order valence-corrected chi connectivity index (χ1v) is 6.60. The molecule has 0 atom stereocenters. The van der Waals surface area contributed by atoms with E-state index < -0.39 is 0 Å². The quantitative estimate of drug-likeness (QED) is 0.425. The molecule has 0 radical (unpaired) electrons. The molecule has 1 rings (SSSR count). The standard InChI is InChI=1S/C16H22N4O/c1-11(21)16(20-3)14-8-12(6-7-15(14)18)4-5-13(9-17)10-19-2/h6-10,21H,1,4-5,17-18H2,2-3H3/b13-9-,19-10?,20-16?. The van der Waals surface area contributed by atoms with Gasteiger partial charge in [-0.2, -0.15) is 0 Å². The molecule has 5 nitrogen and oxygen atoms in total. The highest BCUT2D eigenvalue weighted by Crippen LogP contribution is 2.19. The number of benzene rings is 1. The van der Waals surface area contributed by atoms with Crippen LogP contribution >= 0.6 is 0 Å². The van der Waals surface area contributed by atoms with Gasteiger partial charge in [-0.1, -0.05) is 12.6 Å². The summed E-state index contributed by atoms with van der Waals surface area (Å²) >= 11 is 0. The number of nitrogens with zero attached hydrogens (tertiary/aromatic N) is 2. The van der Waals surface area contributed by atoms with Crippen LogP contribution in [-0.2, 0) is 6.42 Å². The van der Waals surface area contributed by atoms with E-state index in [2.05, 4.69) is 16.6 Å². The van der Waals surface area contributed by atoms with Crippen molar-refractivity contribution in [1.82, 2.24) is 0 Å². The lowest BCUT2D eigenvalue weighted by atomic mass is 9.99. The molecule has 0 unspecified atom stereocenters. The second-order valence-electron chi connectivity index (χ2n) is 4.57. The second-order valence-corrected chi connectivity index (χ2v) is 4.57. The van der Waals surface area contributed by atoms with E-state index in [9.17, 15) is 5.11 Å². The highest BCUT2D eigenvalue weighted by molar-refractivity contribution is 6.13. The highest BCUT2D eigenvalue weighted by Gasteiger charge is 2.11. The first kappa shape index (κ1) is 16.5. The SMILES string of the molecule is C=C(O)C(=NC)c1cc(CC/C(C=NC)=C/N)ccc1N. The predicted molar refractivity (Wildman–Crippen MR) is 90.1 cm³/mol. The van der Waals surface area contributed by atoms with Gasteiger partial charge in [0.15, 0.2) is 0 Å². The van der Waals surface area contributed by atoms with Gasteiger partial charge in [0.25, 0.3) is 0 Å². The maximum Gasteiger partial charge on any atom is 0.134 e. The van der Waals surface area contributed by atoms with Crippen LogP contribution in [0.1, 0.15) is 17.5 Å². The normalized spacial score (nSPS) is 12.9. The van der Waals surface area contributed by atoms with Gasteiger partial charge in [-0.15, -0.1) is 0 Å². The second kappa shape index (κ2) is 7.89. The lowest BCUT2D eigenvalue weighted by Gasteiger charge is -2.10. The van der Waals surface area contributed by atoms with Crippen molar-refractivity contribution in [2.75, 3.05) is 19.8 Å². The molecule has 0 saturated heterocycles. The summed E-state index contributed by atoms with van der Waals surface area (Å²) in [5, 5.41) is 9.58. The van der Waals surface area contributed by atoms with Gasteiger partial charge in [0.2, 0.25) is 0 Å². The summed E-state index contributed by atoms with van der Waals surface area (Å²) in [6.07, 6.45) is 4.86. The molecule has 0 aliphatic rings. The number of aliphatic imine (C=N–C) groups is 2. The first-order chi connectivity index (χ1) is 10.0. The smallest absolute Gasteiger partial charge is 0.134 e. The minimum atomic E-state index is -0.0954. The Morgan fingerprint density at radius 1 is 1.38 bits per heavy atom. The fourth-order valence-electron chi connectivity index (χ4n) is 2.01. The molecule has 1 aromatic carbocycles. The van der Waals surface area contributed by atoms with E-state index in [0.717, 1.165) is 24.0 Å². The number of rotatable bonds is 6. The molecule has 5 N–H and O–H groups in total. The van der Waals surface area contributed by atoms with Gasteiger partial charge in [-0.3, -0.25) is 9.98 Å². The van der Waals surface area contributed by atoms with Crippen LogP contribution in [0, 0.1) is 0 Å². The number of hydrogen-bond acceptors (Lipinski definition) is 5. The van der Waals surface area contributed by atoms with E-state index in [1.807, 2.05) is 12.1 Å².